The third-order valence-electron chi connectivity index (χ3n) is 7.91. The third-order valence-corrected chi connectivity index (χ3v) is 7.91. The number of carbonyl (C=O) groups is 2. The highest BCUT2D eigenvalue weighted by Gasteiger charge is 2.60. The van der Waals surface area contributed by atoms with Crippen LogP contribution in [0.1, 0.15) is 15.9 Å². The number of benzene rings is 2. The summed E-state index contributed by atoms with van der Waals surface area (Å²) in [6, 6.07) is 9.04. The van der Waals surface area contributed by atoms with Crippen molar-refractivity contribution in [3.8, 4) is 23.0 Å². The number of hydrogen-bond donors (Lipinski definition) is 6. The Morgan fingerprint density at radius 1 is 0.837 bits per heavy atom. The molecule has 0 saturated carbocycles. The molecule has 17 heteroatoms. The standard InChI is InChI=1S/C32H40O17/c1-41-18-8-6-17(7-9-18)30(40)45-14-22-24(36)26(38)27(39)31(46-22)49-32(15-34)29(25(37)21(13-33)48-32)47-23(35)10-5-16-11-19(42-2)28(44-4)20(12-16)43-3/h5-12,21-22,24-27,29,31,33-34,36-39H,13-15H2,1-4H3/t21-,22-,24-,25-,26+,27-,29+,31-,32+/m1/s1. The van der Waals surface area contributed by atoms with Gasteiger partial charge in [0.25, 0.3) is 0 Å². The maximum Gasteiger partial charge on any atom is 0.338 e. The molecule has 0 amide bonds. The molecule has 0 radical (unpaired) electrons. The Hall–Kier alpha value is -4.04. The minimum absolute atomic E-state index is 0.145. The zero-order valence-corrected chi connectivity index (χ0v) is 27.0. The molecule has 2 aliphatic heterocycles. The van der Waals surface area contributed by atoms with Gasteiger partial charge in [0.15, 0.2) is 23.9 Å². The van der Waals surface area contributed by atoms with Gasteiger partial charge in [0, 0.05) is 6.08 Å². The molecule has 2 aliphatic rings. The Bertz CT molecular complexity index is 1420. The molecule has 49 heavy (non-hydrogen) atoms. The van der Waals surface area contributed by atoms with Crippen LogP contribution < -0.4 is 18.9 Å². The fourth-order valence-electron chi connectivity index (χ4n) is 5.25. The maximum atomic E-state index is 13.0. The number of carbonyl (C=O) groups excluding carboxylic acids is 2. The summed E-state index contributed by atoms with van der Waals surface area (Å²) >= 11 is 0. The lowest BCUT2D eigenvalue weighted by Gasteiger charge is -2.43. The maximum absolute atomic E-state index is 13.0. The zero-order valence-electron chi connectivity index (χ0n) is 27.0. The first-order valence-corrected chi connectivity index (χ1v) is 14.9. The van der Waals surface area contributed by atoms with Gasteiger partial charge in [-0.2, -0.15) is 0 Å². The normalized spacial score (nSPS) is 29.8. The fourth-order valence-corrected chi connectivity index (χ4v) is 5.25. The summed E-state index contributed by atoms with van der Waals surface area (Å²) in [6.07, 6.45) is -11.7. The largest absolute Gasteiger partial charge is 0.497 e. The summed E-state index contributed by atoms with van der Waals surface area (Å²) in [4.78, 5) is 25.5. The van der Waals surface area contributed by atoms with Gasteiger partial charge in [-0.1, -0.05) is 0 Å². The minimum atomic E-state index is -2.46. The van der Waals surface area contributed by atoms with Crippen molar-refractivity contribution >= 4 is 18.0 Å². The van der Waals surface area contributed by atoms with E-state index in [0.29, 0.717) is 28.6 Å². The van der Waals surface area contributed by atoms with E-state index in [2.05, 4.69) is 0 Å². The van der Waals surface area contributed by atoms with Crippen molar-refractivity contribution in [1.29, 1.82) is 0 Å². The van der Waals surface area contributed by atoms with Crippen LogP contribution >= 0.6 is 0 Å². The van der Waals surface area contributed by atoms with Gasteiger partial charge in [0.2, 0.25) is 11.5 Å². The molecule has 2 aromatic rings. The molecule has 17 nitrogen and oxygen atoms in total. The van der Waals surface area contributed by atoms with Crippen LogP contribution in [0.4, 0.5) is 0 Å². The summed E-state index contributed by atoms with van der Waals surface area (Å²) in [5, 5.41) is 63.0. The van der Waals surface area contributed by atoms with E-state index in [9.17, 15) is 40.2 Å². The molecule has 2 fully saturated rings. The van der Waals surface area contributed by atoms with Crippen molar-refractivity contribution < 1.29 is 82.9 Å². The summed E-state index contributed by atoms with van der Waals surface area (Å²) in [5.74, 6) is -2.88. The molecule has 9 atom stereocenters. The monoisotopic (exact) mass is 696 g/mol. The van der Waals surface area contributed by atoms with E-state index < -0.39 is 86.6 Å². The number of ether oxygens (including phenoxy) is 9. The first kappa shape index (κ1) is 37.8. The second-order valence-electron chi connectivity index (χ2n) is 10.9. The number of aliphatic hydroxyl groups is 6. The predicted octanol–water partition coefficient (Wildman–Crippen LogP) is -1.23. The molecule has 2 saturated heterocycles. The van der Waals surface area contributed by atoms with Crippen LogP contribution in [0.15, 0.2) is 42.5 Å². The van der Waals surface area contributed by atoms with Crippen LogP contribution in [0.3, 0.4) is 0 Å². The Kier molecular flexibility index (Phi) is 12.8. The summed E-state index contributed by atoms with van der Waals surface area (Å²) in [5.41, 5.74) is 0.573. The Morgan fingerprint density at radius 2 is 1.49 bits per heavy atom. The van der Waals surface area contributed by atoms with Gasteiger partial charge >= 0.3 is 11.9 Å². The van der Waals surface area contributed by atoms with E-state index in [0.717, 1.165) is 6.08 Å². The van der Waals surface area contributed by atoms with Gasteiger partial charge in [-0.15, -0.1) is 0 Å². The number of aliphatic hydroxyl groups excluding tert-OH is 6. The van der Waals surface area contributed by atoms with Crippen molar-refractivity contribution in [2.45, 2.75) is 54.8 Å². The first-order valence-electron chi connectivity index (χ1n) is 14.9. The number of hydrogen-bond acceptors (Lipinski definition) is 17. The smallest absolute Gasteiger partial charge is 0.338 e. The van der Waals surface area contributed by atoms with E-state index >= 15 is 0 Å². The highest BCUT2D eigenvalue weighted by Crippen LogP contribution is 2.40. The highest BCUT2D eigenvalue weighted by molar-refractivity contribution is 5.89. The number of rotatable bonds is 14. The lowest BCUT2D eigenvalue weighted by molar-refractivity contribution is -0.383. The van der Waals surface area contributed by atoms with E-state index in [1.807, 2.05) is 0 Å². The SMILES string of the molecule is COc1ccc(C(=O)OC[C@H]2O[C@H](O[C@]3(CO)O[C@H](CO)[C@@H](O)[C@@H]3OC(=O)C=Cc3cc(OC)c(OC)c(OC)c3)[C@H](O)[C@@H](O)[C@@H]2O)cc1. The third kappa shape index (κ3) is 8.23. The molecular formula is C32H40O17. The van der Waals surface area contributed by atoms with Gasteiger partial charge in [-0.3, -0.25) is 0 Å². The molecule has 0 bridgehead atoms. The van der Waals surface area contributed by atoms with Gasteiger partial charge in [0.1, 0.15) is 55.6 Å². The van der Waals surface area contributed by atoms with Crippen molar-refractivity contribution in [3.05, 3.63) is 53.6 Å². The van der Waals surface area contributed by atoms with E-state index in [1.54, 1.807) is 12.1 Å². The Labute approximate surface area is 280 Å². The summed E-state index contributed by atoms with van der Waals surface area (Å²) in [7, 11) is 5.71. The number of methoxy groups -OCH3 is 4. The van der Waals surface area contributed by atoms with Gasteiger partial charge in [0.05, 0.1) is 40.6 Å². The van der Waals surface area contributed by atoms with Crippen LogP contribution in [0, 0.1) is 0 Å². The van der Waals surface area contributed by atoms with Gasteiger partial charge < -0.3 is 73.3 Å². The second kappa shape index (κ2) is 16.6. The molecule has 2 heterocycles. The Morgan fingerprint density at radius 3 is 2.04 bits per heavy atom. The van der Waals surface area contributed by atoms with Gasteiger partial charge in [-0.25, -0.2) is 9.59 Å². The molecule has 0 aromatic heterocycles. The Balaban J connectivity index is 1.51. The zero-order chi connectivity index (χ0) is 35.9. The molecule has 270 valence electrons. The molecular weight excluding hydrogens is 656 g/mol. The van der Waals surface area contributed by atoms with E-state index in [-0.39, 0.29) is 5.56 Å². The van der Waals surface area contributed by atoms with Crippen LogP contribution in [-0.2, 0) is 28.5 Å². The topological polar surface area (TPSA) is 239 Å². The molecule has 0 unspecified atom stereocenters. The summed E-state index contributed by atoms with van der Waals surface area (Å²) < 4.78 is 48.6. The lowest BCUT2D eigenvalue weighted by Crippen LogP contribution is -2.63. The quantitative estimate of drug-likeness (QED) is 0.100. The lowest BCUT2D eigenvalue weighted by atomic mass is 9.98. The predicted molar refractivity (Wildman–Crippen MR) is 164 cm³/mol. The van der Waals surface area contributed by atoms with Gasteiger partial charge in [-0.05, 0) is 48.0 Å². The van der Waals surface area contributed by atoms with E-state index in [4.69, 9.17) is 42.6 Å². The van der Waals surface area contributed by atoms with E-state index in [1.165, 1.54) is 58.8 Å². The molecule has 2 aromatic carbocycles. The molecule has 0 aliphatic carbocycles. The fraction of sp³-hybridized carbons (Fsp3) is 0.500. The van der Waals surface area contributed by atoms with Crippen molar-refractivity contribution in [2.75, 3.05) is 48.3 Å². The van der Waals surface area contributed by atoms with Crippen molar-refractivity contribution in [2.24, 2.45) is 0 Å². The van der Waals surface area contributed by atoms with Crippen LogP contribution in [0.25, 0.3) is 6.08 Å². The highest BCUT2D eigenvalue weighted by atomic mass is 16.8. The summed E-state index contributed by atoms with van der Waals surface area (Å²) in [6.45, 7) is -2.53. The molecule has 4 rings (SSSR count). The average Bonchev–Trinajstić information content (AvgIpc) is 3.39. The van der Waals surface area contributed by atoms with Crippen molar-refractivity contribution in [3.63, 3.8) is 0 Å². The number of esters is 2. The molecule has 6 N–H and O–H groups in total. The van der Waals surface area contributed by atoms with Crippen LogP contribution in [0.5, 0.6) is 23.0 Å². The van der Waals surface area contributed by atoms with Crippen LogP contribution in [0.2, 0.25) is 0 Å². The average molecular weight is 697 g/mol. The second-order valence-corrected chi connectivity index (χ2v) is 10.9. The first-order chi connectivity index (χ1) is 23.4. The van der Waals surface area contributed by atoms with Crippen molar-refractivity contribution in [1.82, 2.24) is 0 Å². The molecule has 0 spiro atoms. The van der Waals surface area contributed by atoms with Crippen LogP contribution in [-0.4, -0.2) is 146 Å². The minimum Gasteiger partial charge on any atom is -0.497 e.